The fraction of sp³-hybridized carbons (Fsp3) is 0.577. The Labute approximate surface area is 199 Å². The Kier molecular flexibility index (Phi) is 7.01. The Bertz CT molecular complexity index is 1050. The Hall–Kier alpha value is -2.12. The number of nitrogens with zero attached hydrogens (tertiary/aromatic N) is 1. The first kappa shape index (κ1) is 24.0. The van der Waals surface area contributed by atoms with Crippen LogP contribution in [0, 0.1) is 17.8 Å². The largest absolute Gasteiger partial charge is 0.380 e. The van der Waals surface area contributed by atoms with Crippen molar-refractivity contribution in [1.82, 2.24) is 9.71 Å². The quantitative estimate of drug-likeness (QED) is 0.481. The number of rotatable bonds is 8. The van der Waals surface area contributed by atoms with Crippen molar-refractivity contribution in [1.29, 1.82) is 0 Å². The van der Waals surface area contributed by atoms with Gasteiger partial charge in [-0.15, -0.1) is 0 Å². The molecule has 33 heavy (non-hydrogen) atoms. The van der Waals surface area contributed by atoms with Gasteiger partial charge in [0.1, 0.15) is 0 Å². The lowest BCUT2D eigenvalue weighted by Crippen LogP contribution is -2.40. The molecule has 0 radical (unpaired) electrons. The second-order valence-corrected chi connectivity index (χ2v) is 12.5. The van der Waals surface area contributed by atoms with Crippen LogP contribution in [0.3, 0.4) is 0 Å². The summed E-state index contributed by atoms with van der Waals surface area (Å²) >= 11 is 0. The smallest absolute Gasteiger partial charge is 0.241 e. The maximum Gasteiger partial charge on any atom is 0.241 e. The molecule has 1 aromatic heterocycles. The summed E-state index contributed by atoms with van der Waals surface area (Å²) in [4.78, 5) is 4.36. The van der Waals surface area contributed by atoms with Crippen LogP contribution < -0.4 is 15.4 Å². The zero-order chi connectivity index (χ0) is 23.6. The van der Waals surface area contributed by atoms with Crippen molar-refractivity contribution < 1.29 is 8.42 Å². The van der Waals surface area contributed by atoms with E-state index in [0.717, 1.165) is 22.9 Å². The molecule has 4 atom stereocenters. The summed E-state index contributed by atoms with van der Waals surface area (Å²) in [7, 11) is -3.63. The fourth-order valence-corrected chi connectivity index (χ4v) is 7.02. The molecule has 4 rings (SSSR count). The van der Waals surface area contributed by atoms with Gasteiger partial charge in [0, 0.05) is 30.5 Å². The molecule has 4 unspecified atom stereocenters. The molecule has 1 heterocycles. The minimum atomic E-state index is -3.63. The van der Waals surface area contributed by atoms with Crippen molar-refractivity contribution >= 4 is 21.4 Å². The average molecular weight is 471 g/mol. The zero-order valence-electron chi connectivity index (χ0n) is 20.3. The Balaban J connectivity index is 1.63. The van der Waals surface area contributed by atoms with E-state index in [1.165, 1.54) is 32.1 Å². The summed E-state index contributed by atoms with van der Waals surface area (Å²) in [5.74, 6) is 2.25. The van der Waals surface area contributed by atoms with Crippen molar-refractivity contribution in [3.8, 4) is 0 Å². The first-order valence-electron chi connectivity index (χ1n) is 12.2. The third-order valence-corrected chi connectivity index (χ3v) is 8.81. The van der Waals surface area contributed by atoms with E-state index in [0.29, 0.717) is 24.4 Å². The lowest BCUT2D eigenvalue weighted by Gasteiger charge is -2.38. The van der Waals surface area contributed by atoms with Crippen molar-refractivity contribution in [2.45, 2.75) is 82.8 Å². The van der Waals surface area contributed by atoms with E-state index < -0.39 is 15.6 Å². The Morgan fingerprint density at radius 3 is 2.48 bits per heavy atom. The number of benzene rings is 1. The van der Waals surface area contributed by atoms with Gasteiger partial charge in [0.25, 0.3) is 0 Å². The number of sulfonamides is 1. The van der Waals surface area contributed by atoms with Crippen molar-refractivity contribution in [2.75, 3.05) is 10.6 Å². The molecule has 0 saturated heterocycles. The van der Waals surface area contributed by atoms with E-state index in [9.17, 15) is 8.42 Å². The summed E-state index contributed by atoms with van der Waals surface area (Å²) in [6, 6.07) is 9.78. The van der Waals surface area contributed by atoms with Gasteiger partial charge in [-0.25, -0.2) is 13.1 Å². The van der Waals surface area contributed by atoms with E-state index in [4.69, 9.17) is 0 Å². The highest BCUT2D eigenvalue weighted by molar-refractivity contribution is 7.89. The summed E-state index contributed by atoms with van der Waals surface area (Å²) in [5, 5.41) is 7.34. The lowest BCUT2D eigenvalue weighted by atomic mass is 9.75. The van der Waals surface area contributed by atoms with Gasteiger partial charge in [-0.2, -0.15) is 0 Å². The minimum Gasteiger partial charge on any atom is -0.380 e. The Morgan fingerprint density at radius 2 is 1.79 bits per heavy atom. The van der Waals surface area contributed by atoms with E-state index in [1.54, 1.807) is 24.5 Å². The van der Waals surface area contributed by atoms with Gasteiger partial charge in [0.05, 0.1) is 16.3 Å². The fourth-order valence-electron chi connectivity index (χ4n) is 5.57. The monoisotopic (exact) mass is 470 g/mol. The number of hydrogen-bond donors (Lipinski definition) is 3. The van der Waals surface area contributed by atoms with Gasteiger partial charge in [0.2, 0.25) is 10.0 Å². The average Bonchev–Trinajstić information content (AvgIpc) is 3.16. The second-order valence-electron chi connectivity index (χ2n) is 10.8. The zero-order valence-corrected chi connectivity index (χ0v) is 21.1. The topological polar surface area (TPSA) is 83.1 Å². The van der Waals surface area contributed by atoms with Crippen molar-refractivity contribution in [3.63, 3.8) is 0 Å². The van der Waals surface area contributed by atoms with Gasteiger partial charge in [-0.05, 0) is 93.7 Å². The number of fused-ring (bicyclic) bond motifs is 2. The van der Waals surface area contributed by atoms with Crippen LogP contribution in [0.5, 0.6) is 0 Å². The molecule has 2 aliphatic carbocycles. The normalized spacial score (nSPS) is 25.1. The standard InChI is InChI=1S/C26H38N4O2S/c1-5-20-14-19-6-7-21(15-19)25(20)29-23-9-8-22(33(31,32)30-26(2,3)4)16-24(23)28-17-18-10-12-27-13-11-18/h8-13,16,19-21,25,28-30H,5-7,14-15,17H2,1-4H3. The molecule has 180 valence electrons. The van der Waals surface area contributed by atoms with Crippen LogP contribution >= 0.6 is 0 Å². The number of nitrogens with one attached hydrogen (secondary N) is 3. The van der Waals surface area contributed by atoms with Gasteiger partial charge in [-0.1, -0.05) is 19.8 Å². The highest BCUT2D eigenvalue weighted by atomic mass is 32.2. The molecule has 2 fully saturated rings. The lowest BCUT2D eigenvalue weighted by molar-refractivity contribution is 0.229. The first-order valence-corrected chi connectivity index (χ1v) is 13.7. The molecule has 2 aromatic rings. The van der Waals surface area contributed by atoms with Crippen LogP contribution in [0.1, 0.15) is 65.4 Å². The Morgan fingerprint density at radius 1 is 1.03 bits per heavy atom. The first-order chi connectivity index (χ1) is 15.6. The highest BCUT2D eigenvalue weighted by Crippen LogP contribution is 2.47. The molecular weight excluding hydrogens is 432 g/mol. The van der Waals surface area contributed by atoms with Crippen LogP contribution in [0.25, 0.3) is 0 Å². The highest BCUT2D eigenvalue weighted by Gasteiger charge is 2.41. The minimum absolute atomic E-state index is 0.275. The van der Waals surface area contributed by atoms with Gasteiger partial charge < -0.3 is 10.6 Å². The molecule has 2 aliphatic rings. The summed E-state index contributed by atoms with van der Waals surface area (Å²) in [6.07, 6.45) is 9.97. The summed E-state index contributed by atoms with van der Waals surface area (Å²) in [5.41, 5.74) is 2.35. The van der Waals surface area contributed by atoms with Crippen LogP contribution in [0.4, 0.5) is 11.4 Å². The number of aromatic nitrogens is 1. The molecule has 0 spiro atoms. The van der Waals surface area contributed by atoms with E-state index >= 15 is 0 Å². The van der Waals surface area contributed by atoms with Gasteiger partial charge >= 0.3 is 0 Å². The van der Waals surface area contributed by atoms with E-state index in [-0.39, 0.29) is 4.90 Å². The molecule has 1 aromatic carbocycles. The predicted molar refractivity (Wildman–Crippen MR) is 135 cm³/mol. The van der Waals surface area contributed by atoms with Gasteiger partial charge in [-0.3, -0.25) is 4.98 Å². The molecule has 2 bridgehead atoms. The van der Waals surface area contributed by atoms with Crippen LogP contribution in [-0.2, 0) is 16.6 Å². The van der Waals surface area contributed by atoms with Crippen molar-refractivity contribution in [2.24, 2.45) is 17.8 Å². The predicted octanol–water partition coefficient (Wildman–Crippen LogP) is 5.40. The molecule has 0 aliphatic heterocycles. The third-order valence-electron chi connectivity index (χ3n) is 7.05. The number of hydrogen-bond acceptors (Lipinski definition) is 5. The van der Waals surface area contributed by atoms with Gasteiger partial charge in [0.15, 0.2) is 0 Å². The summed E-state index contributed by atoms with van der Waals surface area (Å²) < 4.78 is 28.8. The van der Waals surface area contributed by atoms with Crippen LogP contribution in [-0.4, -0.2) is 25.0 Å². The maximum absolute atomic E-state index is 13.0. The molecule has 0 amide bonds. The summed E-state index contributed by atoms with van der Waals surface area (Å²) in [6.45, 7) is 8.45. The number of pyridine rings is 1. The molecule has 7 heteroatoms. The number of anilines is 2. The third kappa shape index (κ3) is 5.87. The maximum atomic E-state index is 13.0. The molecular formula is C26H38N4O2S. The second kappa shape index (κ2) is 9.63. The molecule has 6 nitrogen and oxygen atoms in total. The van der Waals surface area contributed by atoms with E-state index in [2.05, 4.69) is 27.3 Å². The SMILES string of the molecule is CCC1CC2CCC(C2)C1Nc1ccc(S(=O)(=O)NC(C)(C)C)cc1NCc1ccncc1. The van der Waals surface area contributed by atoms with Crippen molar-refractivity contribution in [3.05, 3.63) is 48.3 Å². The van der Waals surface area contributed by atoms with Crippen LogP contribution in [0.15, 0.2) is 47.6 Å². The molecule has 3 N–H and O–H groups in total. The van der Waals surface area contributed by atoms with E-state index in [1.807, 2.05) is 39.0 Å². The van der Waals surface area contributed by atoms with Crippen LogP contribution in [0.2, 0.25) is 0 Å². The molecule has 2 saturated carbocycles.